The van der Waals surface area contributed by atoms with Crippen LogP contribution in [0.5, 0.6) is 0 Å². The van der Waals surface area contributed by atoms with Gasteiger partial charge in [0, 0.05) is 25.3 Å². The molecule has 2 amide bonds. The second-order valence-electron chi connectivity index (χ2n) is 6.93. The van der Waals surface area contributed by atoms with E-state index in [2.05, 4.69) is 32.8 Å². The van der Waals surface area contributed by atoms with E-state index in [0.29, 0.717) is 24.6 Å². The molecule has 0 spiro atoms. The van der Waals surface area contributed by atoms with Crippen molar-refractivity contribution in [3.8, 4) is 5.69 Å². The molecular weight excluding hydrogens is 353 g/mol. The van der Waals surface area contributed by atoms with Gasteiger partial charge in [0.15, 0.2) is 5.82 Å². The van der Waals surface area contributed by atoms with Gasteiger partial charge in [-0.15, -0.1) is 5.10 Å². The quantitative estimate of drug-likeness (QED) is 0.844. The Hall–Kier alpha value is -2.59. The highest BCUT2D eigenvalue weighted by Crippen LogP contribution is 2.23. The molecule has 1 N–H and O–H groups in total. The summed E-state index contributed by atoms with van der Waals surface area (Å²) in [6.45, 7) is 4.51. The smallest absolute Gasteiger partial charge is 0.321 e. The molecule has 2 fully saturated rings. The molecule has 1 aromatic heterocycles. The van der Waals surface area contributed by atoms with E-state index < -0.39 is 5.82 Å². The number of carbonyl (C=O) groups excluding carboxylic acids is 1. The minimum Gasteiger partial charge on any atom is -0.375 e. The number of tetrazole rings is 1. The summed E-state index contributed by atoms with van der Waals surface area (Å²) in [6.07, 6.45) is 0.981. The Bertz CT molecular complexity index is 842. The van der Waals surface area contributed by atoms with Gasteiger partial charge < -0.3 is 15.0 Å². The number of ether oxygens (including phenoxy) is 1. The first-order valence-electron chi connectivity index (χ1n) is 8.95. The highest BCUT2D eigenvalue weighted by molar-refractivity contribution is 5.89. The molecule has 9 nitrogen and oxygen atoms in total. The van der Waals surface area contributed by atoms with Gasteiger partial charge in [-0.25, -0.2) is 9.18 Å². The van der Waals surface area contributed by atoms with Crippen LogP contribution in [-0.4, -0.2) is 81.5 Å². The zero-order valence-corrected chi connectivity index (χ0v) is 15.3. The largest absolute Gasteiger partial charge is 0.375 e. The standard InChI is InChI=1S/C17H22FN7O2/c1-11-20-21-22-25(11)14-9-12(3-4-13(14)18)19-17(26)24-6-5-16-15(10-24)23(2)7-8-27-16/h3-4,9,15-16H,5-8,10H2,1-2H3,(H,19,26)/t15-,16+/m0/s1. The molecule has 0 bridgehead atoms. The van der Waals surface area contributed by atoms with E-state index in [-0.39, 0.29) is 23.9 Å². The number of halogens is 1. The Labute approximate surface area is 156 Å². The number of likely N-dealkylation sites (tertiary alicyclic amines) is 1. The first kappa shape index (κ1) is 17.8. The SMILES string of the molecule is Cc1nnnn1-c1cc(NC(=O)N2CC[C@H]3OCCN(C)[C@H]3C2)ccc1F. The number of aromatic nitrogens is 4. The Morgan fingerprint density at radius 1 is 1.37 bits per heavy atom. The molecule has 0 unspecified atom stereocenters. The molecule has 3 heterocycles. The molecule has 10 heteroatoms. The molecule has 2 atom stereocenters. The number of morpholine rings is 1. The molecular formula is C17H22FN7O2. The number of nitrogens with zero attached hydrogens (tertiary/aromatic N) is 6. The number of piperidine rings is 1. The van der Waals surface area contributed by atoms with Crippen LogP contribution >= 0.6 is 0 Å². The van der Waals surface area contributed by atoms with Crippen molar-refractivity contribution in [2.45, 2.75) is 25.5 Å². The van der Waals surface area contributed by atoms with Crippen LogP contribution in [0.3, 0.4) is 0 Å². The fourth-order valence-corrected chi connectivity index (χ4v) is 3.64. The van der Waals surface area contributed by atoms with Crippen molar-refractivity contribution >= 4 is 11.7 Å². The zero-order valence-electron chi connectivity index (χ0n) is 15.3. The van der Waals surface area contributed by atoms with Crippen LogP contribution in [0.25, 0.3) is 5.69 Å². The van der Waals surface area contributed by atoms with E-state index in [1.807, 2.05) is 0 Å². The van der Waals surface area contributed by atoms with Crippen molar-refractivity contribution in [3.63, 3.8) is 0 Å². The number of nitrogens with one attached hydrogen (secondary N) is 1. The zero-order chi connectivity index (χ0) is 19.0. The molecule has 0 saturated carbocycles. The van der Waals surface area contributed by atoms with Gasteiger partial charge in [0.05, 0.1) is 18.8 Å². The summed E-state index contributed by atoms with van der Waals surface area (Å²) in [7, 11) is 2.06. The van der Waals surface area contributed by atoms with Crippen LogP contribution < -0.4 is 5.32 Å². The number of hydrogen-bond donors (Lipinski definition) is 1. The van der Waals surface area contributed by atoms with Crippen LogP contribution in [0.15, 0.2) is 18.2 Å². The van der Waals surface area contributed by atoms with E-state index in [0.717, 1.165) is 19.6 Å². The van der Waals surface area contributed by atoms with Gasteiger partial charge in [-0.2, -0.15) is 4.68 Å². The summed E-state index contributed by atoms with van der Waals surface area (Å²) in [5, 5.41) is 13.9. The Balaban J connectivity index is 1.48. The molecule has 0 aliphatic carbocycles. The number of likely N-dealkylation sites (N-methyl/N-ethyl adjacent to an activating group) is 1. The monoisotopic (exact) mass is 375 g/mol. The van der Waals surface area contributed by atoms with Gasteiger partial charge in [0.25, 0.3) is 0 Å². The molecule has 2 aromatic rings. The Morgan fingerprint density at radius 2 is 2.22 bits per heavy atom. The normalized spacial score (nSPS) is 23.1. The molecule has 144 valence electrons. The van der Waals surface area contributed by atoms with E-state index in [4.69, 9.17) is 4.74 Å². The van der Waals surface area contributed by atoms with Gasteiger partial charge >= 0.3 is 6.03 Å². The van der Waals surface area contributed by atoms with Crippen LogP contribution in [-0.2, 0) is 4.74 Å². The third kappa shape index (κ3) is 3.50. The van der Waals surface area contributed by atoms with Crippen molar-refractivity contribution in [2.75, 3.05) is 38.6 Å². The molecule has 0 radical (unpaired) electrons. The van der Waals surface area contributed by atoms with Crippen molar-refractivity contribution in [3.05, 3.63) is 29.8 Å². The molecule has 27 heavy (non-hydrogen) atoms. The Kier molecular flexibility index (Phi) is 4.75. The number of urea groups is 1. The second-order valence-corrected chi connectivity index (χ2v) is 6.93. The van der Waals surface area contributed by atoms with E-state index >= 15 is 0 Å². The van der Waals surface area contributed by atoms with Crippen molar-refractivity contribution in [1.82, 2.24) is 30.0 Å². The maximum Gasteiger partial charge on any atom is 0.321 e. The number of carbonyl (C=O) groups is 1. The van der Waals surface area contributed by atoms with E-state index in [1.54, 1.807) is 11.8 Å². The predicted molar refractivity (Wildman–Crippen MR) is 95.2 cm³/mol. The second kappa shape index (κ2) is 7.20. The van der Waals surface area contributed by atoms with Crippen molar-refractivity contribution in [2.24, 2.45) is 0 Å². The fourth-order valence-electron chi connectivity index (χ4n) is 3.64. The number of rotatable bonds is 2. The summed E-state index contributed by atoms with van der Waals surface area (Å²) in [5.41, 5.74) is 0.677. The minimum absolute atomic E-state index is 0.174. The summed E-state index contributed by atoms with van der Waals surface area (Å²) in [6, 6.07) is 4.34. The van der Waals surface area contributed by atoms with Gasteiger partial charge in [-0.3, -0.25) is 4.90 Å². The highest BCUT2D eigenvalue weighted by Gasteiger charge is 2.36. The van der Waals surface area contributed by atoms with Crippen LogP contribution in [0, 0.1) is 12.7 Å². The van der Waals surface area contributed by atoms with Crippen molar-refractivity contribution < 1.29 is 13.9 Å². The van der Waals surface area contributed by atoms with Crippen LogP contribution in [0.4, 0.5) is 14.9 Å². The lowest BCUT2D eigenvalue weighted by Crippen LogP contribution is -2.60. The lowest BCUT2D eigenvalue weighted by molar-refractivity contribution is -0.0875. The summed E-state index contributed by atoms with van der Waals surface area (Å²) < 4.78 is 21.3. The topological polar surface area (TPSA) is 88.4 Å². The lowest BCUT2D eigenvalue weighted by Gasteiger charge is -2.45. The number of fused-ring (bicyclic) bond motifs is 1. The maximum atomic E-state index is 14.2. The molecule has 1 aromatic carbocycles. The first-order valence-corrected chi connectivity index (χ1v) is 8.95. The molecule has 2 saturated heterocycles. The number of amides is 2. The third-order valence-corrected chi connectivity index (χ3v) is 5.20. The maximum absolute atomic E-state index is 14.2. The van der Waals surface area contributed by atoms with E-state index in [1.165, 1.54) is 22.9 Å². The average molecular weight is 375 g/mol. The lowest BCUT2D eigenvalue weighted by atomic mass is 9.99. The fraction of sp³-hybridized carbons (Fsp3) is 0.529. The third-order valence-electron chi connectivity index (χ3n) is 5.20. The number of hydrogen-bond acceptors (Lipinski definition) is 6. The molecule has 2 aliphatic heterocycles. The van der Waals surface area contributed by atoms with Gasteiger partial charge in [-0.1, -0.05) is 0 Å². The highest BCUT2D eigenvalue weighted by atomic mass is 19.1. The Morgan fingerprint density at radius 3 is 3.00 bits per heavy atom. The number of aryl methyl sites for hydroxylation is 1. The summed E-state index contributed by atoms with van der Waals surface area (Å²) >= 11 is 0. The van der Waals surface area contributed by atoms with Gasteiger partial charge in [-0.05, 0) is 49.0 Å². The predicted octanol–water partition coefficient (Wildman–Crippen LogP) is 1.05. The molecule has 2 aliphatic rings. The summed E-state index contributed by atoms with van der Waals surface area (Å²) in [4.78, 5) is 16.7. The first-order chi connectivity index (χ1) is 13.0. The van der Waals surface area contributed by atoms with Crippen LogP contribution in [0.1, 0.15) is 12.2 Å². The molecule has 4 rings (SSSR count). The number of benzene rings is 1. The minimum atomic E-state index is -0.467. The number of anilines is 1. The van der Waals surface area contributed by atoms with Crippen LogP contribution in [0.2, 0.25) is 0 Å². The van der Waals surface area contributed by atoms with Gasteiger partial charge in [0.2, 0.25) is 0 Å². The van der Waals surface area contributed by atoms with E-state index in [9.17, 15) is 9.18 Å². The average Bonchev–Trinajstić information content (AvgIpc) is 3.09. The summed E-state index contributed by atoms with van der Waals surface area (Å²) in [5.74, 6) is -0.00928. The van der Waals surface area contributed by atoms with Gasteiger partial charge in [0.1, 0.15) is 11.5 Å². The van der Waals surface area contributed by atoms with Crippen molar-refractivity contribution in [1.29, 1.82) is 0 Å².